The van der Waals surface area contributed by atoms with Gasteiger partial charge in [-0.25, -0.2) is 0 Å². The van der Waals surface area contributed by atoms with Crippen molar-refractivity contribution < 1.29 is 70.1 Å². The molecule has 0 spiro atoms. The van der Waals surface area contributed by atoms with Gasteiger partial charge < -0.3 is 60.5 Å². The Morgan fingerprint density at radius 3 is 1.06 bits per heavy atom. The first-order valence-electron chi connectivity index (χ1n) is 11.9. The fourth-order valence-electron chi connectivity index (χ4n) is 3.07. The molecule has 214 valence electrons. The van der Waals surface area contributed by atoms with E-state index in [9.17, 15) is 50.4 Å². The lowest BCUT2D eigenvalue weighted by molar-refractivity contribution is -0.157. The summed E-state index contributed by atoms with van der Waals surface area (Å²) in [6.07, 6.45) is -9.56. The molecular formula is C22H42O14. The zero-order chi connectivity index (χ0) is 27.7. The lowest BCUT2D eigenvalue weighted by Gasteiger charge is -2.25. The molecule has 0 aromatic heterocycles. The first-order valence-corrected chi connectivity index (χ1v) is 11.9. The average Bonchev–Trinajstić information content (AvgIpc) is 2.88. The van der Waals surface area contributed by atoms with Gasteiger partial charge in [0.05, 0.1) is 13.2 Å². The van der Waals surface area contributed by atoms with Crippen LogP contribution in [0, 0.1) is 0 Å². The Kier molecular flexibility index (Phi) is 18.8. The maximum Gasteiger partial charge on any atom is 0.305 e. The first-order chi connectivity index (χ1) is 17.0. The van der Waals surface area contributed by atoms with Crippen LogP contribution in [0.5, 0.6) is 0 Å². The van der Waals surface area contributed by atoms with Crippen LogP contribution in [-0.4, -0.2) is 138 Å². The Morgan fingerprint density at radius 1 is 0.472 bits per heavy atom. The van der Waals surface area contributed by atoms with E-state index >= 15 is 0 Å². The van der Waals surface area contributed by atoms with Crippen LogP contribution in [0.15, 0.2) is 0 Å². The normalized spacial score (nSPS) is 18.4. The molecule has 0 amide bonds. The van der Waals surface area contributed by atoms with Gasteiger partial charge in [-0.15, -0.1) is 0 Å². The van der Waals surface area contributed by atoms with Gasteiger partial charge in [0, 0.05) is 12.8 Å². The highest BCUT2D eigenvalue weighted by Gasteiger charge is 2.31. The maximum absolute atomic E-state index is 11.7. The number of aliphatic hydroxyl groups is 10. The summed E-state index contributed by atoms with van der Waals surface area (Å²) in [5.41, 5.74) is 0. The number of rotatable bonds is 21. The molecule has 0 aromatic rings. The summed E-state index contributed by atoms with van der Waals surface area (Å²) in [5, 5.41) is 93.5. The molecule has 8 atom stereocenters. The number of carbonyl (C=O) groups is 2. The van der Waals surface area contributed by atoms with Crippen LogP contribution >= 0.6 is 0 Å². The van der Waals surface area contributed by atoms with Gasteiger partial charge in [-0.1, -0.05) is 25.7 Å². The summed E-state index contributed by atoms with van der Waals surface area (Å²) < 4.78 is 9.64. The summed E-state index contributed by atoms with van der Waals surface area (Å²) >= 11 is 0. The van der Waals surface area contributed by atoms with Crippen LogP contribution in [0.25, 0.3) is 0 Å². The van der Waals surface area contributed by atoms with Crippen molar-refractivity contribution in [3.63, 3.8) is 0 Å². The lowest BCUT2D eigenvalue weighted by Crippen LogP contribution is -2.47. The first kappa shape index (κ1) is 34.5. The number of hydrogen-bond acceptors (Lipinski definition) is 14. The minimum atomic E-state index is -1.80. The van der Waals surface area contributed by atoms with Crippen molar-refractivity contribution >= 4 is 11.9 Å². The number of unbranched alkanes of at least 4 members (excludes halogenated alkanes) is 5. The SMILES string of the molecule is O=C(CCCCCCCCC(=O)OCC(O)C(O)C(O)C(O)CO)OCC(O)C(O)C(O)C(O)CO. The predicted molar refractivity (Wildman–Crippen MR) is 121 cm³/mol. The van der Waals surface area contributed by atoms with Crippen molar-refractivity contribution in [2.45, 2.75) is 100 Å². The van der Waals surface area contributed by atoms with Gasteiger partial charge in [-0.05, 0) is 12.8 Å². The molecule has 0 aliphatic rings. The van der Waals surface area contributed by atoms with E-state index in [1.54, 1.807) is 0 Å². The highest BCUT2D eigenvalue weighted by molar-refractivity contribution is 5.69. The van der Waals surface area contributed by atoms with Crippen molar-refractivity contribution in [2.24, 2.45) is 0 Å². The fourth-order valence-corrected chi connectivity index (χ4v) is 3.07. The van der Waals surface area contributed by atoms with E-state index in [4.69, 9.17) is 19.7 Å². The lowest BCUT2D eigenvalue weighted by atomic mass is 10.0. The van der Waals surface area contributed by atoms with E-state index < -0.39 is 87.2 Å². The molecule has 0 radical (unpaired) electrons. The summed E-state index contributed by atoms with van der Waals surface area (Å²) in [5.74, 6) is -1.21. The Hall–Kier alpha value is -1.46. The van der Waals surface area contributed by atoms with Crippen LogP contribution in [-0.2, 0) is 19.1 Å². The van der Waals surface area contributed by atoms with Gasteiger partial charge in [0.1, 0.15) is 62.0 Å². The van der Waals surface area contributed by atoms with Crippen LogP contribution < -0.4 is 0 Å². The van der Waals surface area contributed by atoms with Crippen LogP contribution in [0.1, 0.15) is 51.4 Å². The molecular weight excluding hydrogens is 488 g/mol. The molecule has 0 fully saturated rings. The number of aliphatic hydroxyl groups excluding tert-OH is 10. The number of carbonyl (C=O) groups excluding carboxylic acids is 2. The van der Waals surface area contributed by atoms with Crippen LogP contribution in [0.3, 0.4) is 0 Å². The molecule has 36 heavy (non-hydrogen) atoms. The molecule has 0 aliphatic heterocycles. The Labute approximate surface area is 209 Å². The molecule has 14 heteroatoms. The molecule has 0 aromatic carbocycles. The number of hydrogen-bond donors (Lipinski definition) is 10. The van der Waals surface area contributed by atoms with Crippen molar-refractivity contribution in [2.75, 3.05) is 26.4 Å². The van der Waals surface area contributed by atoms with E-state index in [0.717, 1.165) is 12.8 Å². The average molecular weight is 531 g/mol. The van der Waals surface area contributed by atoms with Gasteiger partial charge in [0.15, 0.2) is 0 Å². The third-order valence-electron chi connectivity index (χ3n) is 5.49. The topological polar surface area (TPSA) is 255 Å². The van der Waals surface area contributed by atoms with Gasteiger partial charge in [0.25, 0.3) is 0 Å². The summed E-state index contributed by atoms with van der Waals surface area (Å²) in [6.45, 7) is -2.77. The highest BCUT2D eigenvalue weighted by atomic mass is 16.5. The van der Waals surface area contributed by atoms with E-state index in [0.29, 0.717) is 25.7 Å². The van der Waals surface area contributed by atoms with Crippen LogP contribution in [0.4, 0.5) is 0 Å². The number of ether oxygens (including phenoxy) is 2. The summed E-state index contributed by atoms with van der Waals surface area (Å²) in [7, 11) is 0. The highest BCUT2D eigenvalue weighted by Crippen LogP contribution is 2.11. The predicted octanol–water partition coefficient (Wildman–Crippen LogP) is -3.93. The molecule has 0 heterocycles. The second kappa shape index (κ2) is 19.6. The molecule has 0 aliphatic carbocycles. The maximum atomic E-state index is 11.7. The smallest absolute Gasteiger partial charge is 0.305 e. The second-order valence-electron chi connectivity index (χ2n) is 8.58. The van der Waals surface area contributed by atoms with E-state index in [-0.39, 0.29) is 12.8 Å². The summed E-state index contributed by atoms with van der Waals surface area (Å²) in [6, 6.07) is 0. The molecule has 10 N–H and O–H groups in total. The van der Waals surface area contributed by atoms with Crippen molar-refractivity contribution in [3.8, 4) is 0 Å². The van der Waals surface area contributed by atoms with E-state index in [2.05, 4.69) is 0 Å². The van der Waals surface area contributed by atoms with E-state index in [1.165, 1.54) is 0 Å². The third kappa shape index (κ3) is 14.3. The zero-order valence-electron chi connectivity index (χ0n) is 20.2. The third-order valence-corrected chi connectivity index (χ3v) is 5.49. The van der Waals surface area contributed by atoms with Crippen molar-refractivity contribution in [1.82, 2.24) is 0 Å². The van der Waals surface area contributed by atoms with Gasteiger partial charge in [0.2, 0.25) is 0 Å². The second-order valence-corrected chi connectivity index (χ2v) is 8.58. The monoisotopic (exact) mass is 530 g/mol. The van der Waals surface area contributed by atoms with Gasteiger partial charge in [-0.3, -0.25) is 9.59 Å². The molecule has 0 saturated carbocycles. The van der Waals surface area contributed by atoms with Gasteiger partial charge in [-0.2, -0.15) is 0 Å². The molecule has 0 saturated heterocycles. The van der Waals surface area contributed by atoms with Crippen molar-refractivity contribution in [3.05, 3.63) is 0 Å². The van der Waals surface area contributed by atoms with Crippen LogP contribution in [0.2, 0.25) is 0 Å². The largest absolute Gasteiger partial charge is 0.463 e. The summed E-state index contributed by atoms with van der Waals surface area (Å²) in [4.78, 5) is 23.4. The molecule has 0 bridgehead atoms. The molecule has 0 rings (SSSR count). The molecule has 14 nitrogen and oxygen atoms in total. The Morgan fingerprint density at radius 2 is 0.750 bits per heavy atom. The van der Waals surface area contributed by atoms with Gasteiger partial charge >= 0.3 is 11.9 Å². The number of esters is 2. The molecule has 8 unspecified atom stereocenters. The minimum Gasteiger partial charge on any atom is -0.463 e. The Bertz CT molecular complexity index is 541. The fraction of sp³-hybridized carbons (Fsp3) is 0.909. The van der Waals surface area contributed by atoms with E-state index in [1.807, 2.05) is 0 Å². The minimum absolute atomic E-state index is 0.0785. The Balaban J connectivity index is 3.82. The zero-order valence-corrected chi connectivity index (χ0v) is 20.2. The standard InChI is InChI=1S/C22H42O14/c23-9-13(25)19(31)21(33)15(27)11-35-17(29)7-5-3-1-2-4-6-8-18(30)36-12-16(28)22(34)20(32)14(26)10-24/h13-16,19-28,31-34H,1-12H2. The van der Waals surface area contributed by atoms with Crippen molar-refractivity contribution in [1.29, 1.82) is 0 Å². The quantitative estimate of drug-likeness (QED) is 0.0502.